The van der Waals surface area contributed by atoms with Crippen LogP contribution in [0.1, 0.15) is 42.3 Å². The highest BCUT2D eigenvalue weighted by atomic mass is 19.4. The zero-order valence-corrected chi connectivity index (χ0v) is 16.6. The molecule has 2 aromatic carbocycles. The van der Waals surface area contributed by atoms with Gasteiger partial charge in [-0.2, -0.15) is 13.2 Å². The molecule has 0 fully saturated rings. The Morgan fingerprint density at radius 3 is 1.86 bits per heavy atom. The molecule has 29 heavy (non-hydrogen) atoms. The molecule has 2 aromatic rings. The van der Waals surface area contributed by atoms with Crippen LogP contribution in [-0.4, -0.2) is 25.7 Å². The van der Waals surface area contributed by atoms with Gasteiger partial charge in [-0.25, -0.2) is 0 Å². The van der Waals surface area contributed by atoms with Gasteiger partial charge in [-0.3, -0.25) is 4.79 Å². The molecule has 0 aliphatic rings. The predicted molar refractivity (Wildman–Crippen MR) is 103 cm³/mol. The molecule has 0 radical (unpaired) electrons. The predicted octanol–water partition coefficient (Wildman–Crippen LogP) is 4.83. The van der Waals surface area contributed by atoms with Crippen molar-refractivity contribution in [3.63, 3.8) is 0 Å². The second-order valence-corrected chi connectivity index (χ2v) is 5.98. The Morgan fingerprint density at radius 1 is 0.897 bits per heavy atom. The molecule has 0 aliphatic heterocycles. The number of ether oxygens (including phenoxy) is 3. The first-order valence-corrected chi connectivity index (χ1v) is 9.30. The quantitative estimate of drug-likeness (QED) is 0.642. The summed E-state index contributed by atoms with van der Waals surface area (Å²) in [5.74, 6) is 0.797. The van der Waals surface area contributed by atoms with Crippen LogP contribution in [0.4, 0.5) is 13.2 Å². The number of amides is 1. The Morgan fingerprint density at radius 2 is 1.41 bits per heavy atom. The van der Waals surface area contributed by atoms with Gasteiger partial charge >= 0.3 is 6.18 Å². The third-order valence-corrected chi connectivity index (χ3v) is 3.91. The van der Waals surface area contributed by atoms with Crippen molar-refractivity contribution in [1.29, 1.82) is 0 Å². The first-order chi connectivity index (χ1) is 13.8. The maximum atomic E-state index is 12.6. The van der Waals surface area contributed by atoms with Crippen molar-refractivity contribution in [2.45, 2.75) is 33.5 Å². The van der Waals surface area contributed by atoms with Crippen molar-refractivity contribution in [2.24, 2.45) is 0 Å². The summed E-state index contributed by atoms with van der Waals surface area (Å²) in [6, 6.07) is 7.74. The topological polar surface area (TPSA) is 56.8 Å². The smallest absolute Gasteiger partial charge is 0.416 e. The fourth-order valence-electron chi connectivity index (χ4n) is 2.62. The SMILES string of the molecule is CCOc1cc(C(=O)NCc2ccc(C(F)(F)F)cc2)cc(OCC)c1OCC. The van der Waals surface area contributed by atoms with Crippen molar-refractivity contribution in [1.82, 2.24) is 5.32 Å². The molecule has 0 saturated carbocycles. The highest BCUT2D eigenvalue weighted by Gasteiger charge is 2.29. The number of halogens is 3. The highest BCUT2D eigenvalue weighted by Crippen LogP contribution is 2.39. The summed E-state index contributed by atoms with van der Waals surface area (Å²) in [7, 11) is 0. The summed E-state index contributed by atoms with van der Waals surface area (Å²) >= 11 is 0. The van der Waals surface area contributed by atoms with Crippen molar-refractivity contribution < 1.29 is 32.2 Å². The van der Waals surface area contributed by atoms with Gasteiger partial charge in [0.05, 0.1) is 25.4 Å². The van der Waals surface area contributed by atoms with Gasteiger partial charge in [0, 0.05) is 12.1 Å². The largest absolute Gasteiger partial charge is 0.490 e. The summed E-state index contributed by atoms with van der Waals surface area (Å²) in [5, 5.41) is 2.69. The minimum Gasteiger partial charge on any atom is -0.490 e. The Balaban J connectivity index is 2.18. The average Bonchev–Trinajstić information content (AvgIpc) is 2.68. The van der Waals surface area contributed by atoms with Crippen LogP contribution in [0.15, 0.2) is 36.4 Å². The van der Waals surface area contributed by atoms with Crippen LogP contribution in [-0.2, 0) is 12.7 Å². The fraction of sp³-hybridized carbons (Fsp3) is 0.381. The molecule has 8 heteroatoms. The molecule has 158 valence electrons. The molecule has 0 spiro atoms. The molecular weight excluding hydrogens is 387 g/mol. The maximum Gasteiger partial charge on any atom is 0.416 e. The van der Waals surface area contributed by atoms with E-state index < -0.39 is 17.6 Å². The summed E-state index contributed by atoms with van der Waals surface area (Å²) < 4.78 is 54.7. The minimum atomic E-state index is -4.39. The summed E-state index contributed by atoms with van der Waals surface area (Å²) in [6.07, 6.45) is -4.39. The Kier molecular flexibility index (Phi) is 7.75. The molecule has 1 N–H and O–H groups in total. The van der Waals surface area contributed by atoms with Crippen LogP contribution in [0.2, 0.25) is 0 Å². The van der Waals surface area contributed by atoms with Gasteiger partial charge in [-0.1, -0.05) is 12.1 Å². The van der Waals surface area contributed by atoms with E-state index in [4.69, 9.17) is 14.2 Å². The van der Waals surface area contributed by atoms with Gasteiger partial charge < -0.3 is 19.5 Å². The number of rotatable bonds is 9. The average molecular weight is 411 g/mol. The van der Waals surface area contributed by atoms with E-state index >= 15 is 0 Å². The van der Waals surface area contributed by atoms with Gasteiger partial charge in [-0.05, 0) is 50.6 Å². The minimum absolute atomic E-state index is 0.0815. The molecule has 0 aliphatic carbocycles. The maximum absolute atomic E-state index is 12.6. The standard InChI is InChI=1S/C21H24F3NO4/c1-4-27-17-11-15(12-18(28-5-2)19(17)29-6-3)20(26)25-13-14-7-9-16(10-8-14)21(22,23)24/h7-12H,4-6,13H2,1-3H3,(H,25,26). The summed E-state index contributed by atoms with van der Waals surface area (Å²) in [5.41, 5.74) is 0.112. The van der Waals surface area contributed by atoms with E-state index in [1.54, 1.807) is 12.1 Å². The van der Waals surface area contributed by atoms with E-state index in [0.29, 0.717) is 48.2 Å². The lowest BCUT2D eigenvalue weighted by molar-refractivity contribution is -0.137. The molecule has 1 amide bonds. The Hall–Kier alpha value is -2.90. The lowest BCUT2D eigenvalue weighted by Gasteiger charge is -2.17. The summed E-state index contributed by atoms with van der Waals surface area (Å²) in [4.78, 5) is 12.6. The second-order valence-electron chi connectivity index (χ2n) is 5.98. The van der Waals surface area contributed by atoms with Gasteiger partial charge in [0.25, 0.3) is 5.91 Å². The molecule has 0 heterocycles. The van der Waals surface area contributed by atoms with E-state index in [-0.39, 0.29) is 6.54 Å². The van der Waals surface area contributed by atoms with E-state index in [2.05, 4.69) is 5.32 Å². The molecule has 0 saturated heterocycles. The molecule has 0 aromatic heterocycles. The van der Waals surface area contributed by atoms with E-state index in [0.717, 1.165) is 12.1 Å². The van der Waals surface area contributed by atoms with Crippen molar-refractivity contribution in [3.8, 4) is 17.2 Å². The lowest BCUT2D eigenvalue weighted by atomic mass is 10.1. The van der Waals surface area contributed by atoms with Gasteiger partial charge in [0.2, 0.25) is 5.75 Å². The zero-order valence-electron chi connectivity index (χ0n) is 16.6. The molecule has 5 nitrogen and oxygen atoms in total. The lowest BCUT2D eigenvalue weighted by Crippen LogP contribution is -2.23. The third kappa shape index (κ3) is 6.04. The van der Waals surface area contributed by atoms with Crippen LogP contribution in [0.5, 0.6) is 17.2 Å². The van der Waals surface area contributed by atoms with Gasteiger partial charge in [-0.15, -0.1) is 0 Å². The van der Waals surface area contributed by atoms with Crippen molar-refractivity contribution in [2.75, 3.05) is 19.8 Å². The molecule has 0 bridgehead atoms. The van der Waals surface area contributed by atoms with E-state index in [9.17, 15) is 18.0 Å². The van der Waals surface area contributed by atoms with Crippen LogP contribution >= 0.6 is 0 Å². The first-order valence-electron chi connectivity index (χ1n) is 9.30. The van der Waals surface area contributed by atoms with Crippen LogP contribution in [0, 0.1) is 0 Å². The first kappa shape index (κ1) is 22.4. The molecule has 0 unspecified atom stereocenters. The number of carbonyl (C=O) groups is 1. The third-order valence-electron chi connectivity index (χ3n) is 3.91. The molecule has 0 atom stereocenters. The number of carbonyl (C=O) groups excluding carboxylic acids is 1. The van der Waals surface area contributed by atoms with Gasteiger partial charge in [0.15, 0.2) is 11.5 Å². The van der Waals surface area contributed by atoms with Crippen LogP contribution in [0.3, 0.4) is 0 Å². The zero-order chi connectivity index (χ0) is 21.4. The Bertz CT molecular complexity index is 793. The van der Waals surface area contributed by atoms with Gasteiger partial charge in [0.1, 0.15) is 0 Å². The normalized spacial score (nSPS) is 11.1. The van der Waals surface area contributed by atoms with Crippen LogP contribution < -0.4 is 19.5 Å². The fourth-order valence-corrected chi connectivity index (χ4v) is 2.62. The molecule has 2 rings (SSSR count). The monoisotopic (exact) mass is 411 g/mol. The van der Waals surface area contributed by atoms with Crippen molar-refractivity contribution in [3.05, 3.63) is 53.1 Å². The number of alkyl halides is 3. The number of hydrogen-bond donors (Lipinski definition) is 1. The molecular formula is C21H24F3NO4. The van der Waals surface area contributed by atoms with E-state index in [1.807, 2.05) is 20.8 Å². The van der Waals surface area contributed by atoms with Crippen molar-refractivity contribution >= 4 is 5.91 Å². The summed E-state index contributed by atoms with van der Waals surface area (Å²) in [6.45, 7) is 6.69. The number of hydrogen-bond acceptors (Lipinski definition) is 4. The Labute approximate surface area is 167 Å². The number of nitrogens with one attached hydrogen (secondary N) is 1. The van der Waals surface area contributed by atoms with E-state index in [1.165, 1.54) is 12.1 Å². The number of benzene rings is 2. The van der Waals surface area contributed by atoms with Crippen LogP contribution in [0.25, 0.3) is 0 Å². The second kappa shape index (κ2) is 10.0. The highest BCUT2D eigenvalue weighted by molar-refractivity contribution is 5.95.